The molecule has 1 N–H and O–H groups in total. The van der Waals surface area contributed by atoms with Crippen LogP contribution >= 0.6 is 0 Å². The van der Waals surface area contributed by atoms with Gasteiger partial charge in [0.25, 0.3) is 0 Å². The largest absolute Gasteiger partial charge is 0.384 e. The summed E-state index contributed by atoms with van der Waals surface area (Å²) in [4.78, 5) is 0. The number of rotatable bonds is 6. The van der Waals surface area contributed by atoms with Crippen LogP contribution in [0.25, 0.3) is 0 Å². The SMILES string of the molecule is CS(=O)(=O)Cc1ccccc1NC[C@@H]1C[C@H]1c1ccccc1. The van der Waals surface area contributed by atoms with Crippen LogP contribution in [-0.4, -0.2) is 21.2 Å². The Morgan fingerprint density at radius 3 is 2.45 bits per heavy atom. The van der Waals surface area contributed by atoms with Crippen molar-refractivity contribution in [3.05, 3.63) is 65.7 Å². The molecule has 2 aromatic rings. The molecule has 3 rings (SSSR count). The fraction of sp³-hybridized carbons (Fsp3) is 0.333. The molecule has 0 unspecified atom stereocenters. The fourth-order valence-electron chi connectivity index (χ4n) is 2.92. The third-order valence-corrected chi connectivity index (χ3v) is 4.98. The number of anilines is 1. The second-order valence-corrected chi connectivity index (χ2v) is 8.26. The van der Waals surface area contributed by atoms with Crippen molar-refractivity contribution in [2.45, 2.75) is 18.1 Å². The lowest BCUT2D eigenvalue weighted by Crippen LogP contribution is -2.09. The van der Waals surface area contributed by atoms with Gasteiger partial charge in [0.2, 0.25) is 0 Å². The van der Waals surface area contributed by atoms with E-state index in [0.717, 1.165) is 17.8 Å². The number of hydrogen-bond acceptors (Lipinski definition) is 3. The standard InChI is InChI=1S/C18H21NO2S/c1-22(20,21)13-15-9-5-6-10-18(15)19-12-16-11-17(16)14-7-3-2-4-8-14/h2-10,16-17,19H,11-13H2,1H3/t16-,17-/m0/s1. The Bertz CT molecular complexity index is 741. The van der Waals surface area contributed by atoms with Gasteiger partial charge < -0.3 is 5.32 Å². The smallest absolute Gasteiger partial charge is 0.151 e. The average molecular weight is 315 g/mol. The third kappa shape index (κ3) is 3.89. The molecule has 3 nitrogen and oxygen atoms in total. The first-order chi connectivity index (χ1) is 10.5. The highest BCUT2D eigenvalue weighted by Gasteiger charge is 2.37. The van der Waals surface area contributed by atoms with Gasteiger partial charge in [-0.2, -0.15) is 0 Å². The molecule has 2 atom stereocenters. The van der Waals surface area contributed by atoms with Crippen LogP contribution in [0.3, 0.4) is 0 Å². The van der Waals surface area contributed by atoms with Crippen LogP contribution in [0.2, 0.25) is 0 Å². The van der Waals surface area contributed by atoms with Crippen LogP contribution in [-0.2, 0) is 15.6 Å². The molecule has 1 aliphatic carbocycles. The van der Waals surface area contributed by atoms with Gasteiger partial charge in [0.05, 0.1) is 5.75 Å². The number of nitrogens with one attached hydrogen (secondary N) is 1. The Labute approximate surface area is 132 Å². The van der Waals surface area contributed by atoms with Crippen LogP contribution in [0.4, 0.5) is 5.69 Å². The van der Waals surface area contributed by atoms with E-state index in [1.54, 1.807) is 0 Å². The molecule has 4 heteroatoms. The van der Waals surface area contributed by atoms with E-state index in [9.17, 15) is 8.42 Å². The summed E-state index contributed by atoms with van der Waals surface area (Å²) in [5, 5.41) is 3.43. The molecule has 0 bridgehead atoms. The number of para-hydroxylation sites is 1. The minimum Gasteiger partial charge on any atom is -0.384 e. The van der Waals surface area contributed by atoms with Gasteiger partial charge in [-0.25, -0.2) is 8.42 Å². The maximum Gasteiger partial charge on any atom is 0.151 e. The van der Waals surface area contributed by atoms with Gasteiger partial charge in [0.15, 0.2) is 9.84 Å². The first kappa shape index (κ1) is 15.1. The molecular weight excluding hydrogens is 294 g/mol. The van der Waals surface area contributed by atoms with Gasteiger partial charge in [0.1, 0.15) is 0 Å². The summed E-state index contributed by atoms with van der Waals surface area (Å²) in [6.45, 7) is 0.889. The van der Waals surface area contributed by atoms with Gasteiger partial charge in [-0.15, -0.1) is 0 Å². The Morgan fingerprint density at radius 1 is 1.05 bits per heavy atom. The van der Waals surface area contributed by atoms with Crippen molar-refractivity contribution in [2.24, 2.45) is 5.92 Å². The van der Waals surface area contributed by atoms with Gasteiger partial charge in [-0.3, -0.25) is 0 Å². The predicted molar refractivity (Wildman–Crippen MR) is 90.8 cm³/mol. The molecule has 0 spiro atoms. The van der Waals surface area contributed by atoms with E-state index in [1.807, 2.05) is 30.3 Å². The zero-order chi connectivity index (χ0) is 15.6. The van der Waals surface area contributed by atoms with Gasteiger partial charge in [0, 0.05) is 18.5 Å². The van der Waals surface area contributed by atoms with Crippen LogP contribution in [0.15, 0.2) is 54.6 Å². The minimum atomic E-state index is -3.02. The fourth-order valence-corrected chi connectivity index (χ4v) is 3.74. The van der Waals surface area contributed by atoms with Crippen LogP contribution < -0.4 is 5.32 Å². The maximum atomic E-state index is 11.5. The van der Waals surface area contributed by atoms with Crippen molar-refractivity contribution in [3.63, 3.8) is 0 Å². The first-order valence-electron chi connectivity index (χ1n) is 7.57. The van der Waals surface area contributed by atoms with E-state index in [1.165, 1.54) is 18.2 Å². The van der Waals surface area contributed by atoms with Crippen molar-refractivity contribution in [1.82, 2.24) is 0 Å². The molecule has 1 aliphatic rings. The summed E-state index contributed by atoms with van der Waals surface area (Å²) in [7, 11) is -3.02. The van der Waals surface area contributed by atoms with Crippen LogP contribution in [0.1, 0.15) is 23.5 Å². The normalized spacial score (nSPS) is 20.6. The summed E-state index contributed by atoms with van der Waals surface area (Å²) in [5.41, 5.74) is 3.19. The van der Waals surface area contributed by atoms with E-state index in [2.05, 4.69) is 29.6 Å². The van der Waals surface area contributed by atoms with E-state index in [0.29, 0.717) is 11.8 Å². The van der Waals surface area contributed by atoms with Crippen molar-refractivity contribution in [1.29, 1.82) is 0 Å². The molecule has 22 heavy (non-hydrogen) atoms. The number of hydrogen-bond donors (Lipinski definition) is 1. The summed E-state index contributed by atoms with van der Waals surface area (Å²) in [6.07, 6.45) is 2.47. The van der Waals surface area contributed by atoms with E-state index in [-0.39, 0.29) is 5.75 Å². The highest BCUT2D eigenvalue weighted by molar-refractivity contribution is 7.89. The van der Waals surface area contributed by atoms with Crippen molar-refractivity contribution < 1.29 is 8.42 Å². The van der Waals surface area contributed by atoms with Gasteiger partial charge in [-0.05, 0) is 35.4 Å². The first-order valence-corrected chi connectivity index (χ1v) is 9.63. The summed E-state index contributed by atoms with van der Waals surface area (Å²) < 4.78 is 23.0. The molecular formula is C18H21NO2S. The van der Waals surface area contributed by atoms with E-state index < -0.39 is 9.84 Å². The predicted octanol–water partition coefficient (Wildman–Crippen LogP) is 3.45. The zero-order valence-corrected chi connectivity index (χ0v) is 13.5. The molecule has 1 fully saturated rings. The lowest BCUT2D eigenvalue weighted by atomic mass is 10.1. The Morgan fingerprint density at radius 2 is 1.73 bits per heavy atom. The second-order valence-electron chi connectivity index (χ2n) is 6.12. The number of sulfone groups is 1. The lowest BCUT2D eigenvalue weighted by Gasteiger charge is -2.11. The highest BCUT2D eigenvalue weighted by atomic mass is 32.2. The third-order valence-electron chi connectivity index (χ3n) is 4.14. The summed E-state index contributed by atoms with van der Waals surface area (Å²) in [5.74, 6) is 1.35. The Kier molecular flexibility index (Phi) is 4.21. The topological polar surface area (TPSA) is 46.2 Å². The highest BCUT2D eigenvalue weighted by Crippen LogP contribution is 2.47. The molecule has 0 heterocycles. The van der Waals surface area contributed by atoms with Crippen molar-refractivity contribution in [3.8, 4) is 0 Å². The second kappa shape index (κ2) is 6.13. The van der Waals surface area contributed by atoms with Gasteiger partial charge >= 0.3 is 0 Å². The quantitative estimate of drug-likeness (QED) is 0.888. The molecule has 1 saturated carbocycles. The average Bonchev–Trinajstić information content (AvgIpc) is 3.25. The minimum absolute atomic E-state index is 0.0863. The Hall–Kier alpha value is -1.81. The number of benzene rings is 2. The molecule has 0 aromatic heterocycles. The summed E-state index contributed by atoms with van der Waals surface area (Å²) >= 11 is 0. The van der Waals surface area contributed by atoms with E-state index in [4.69, 9.17) is 0 Å². The molecule has 116 valence electrons. The van der Waals surface area contributed by atoms with E-state index >= 15 is 0 Å². The zero-order valence-electron chi connectivity index (χ0n) is 12.7. The van der Waals surface area contributed by atoms with Crippen LogP contribution in [0, 0.1) is 5.92 Å². The van der Waals surface area contributed by atoms with Gasteiger partial charge in [-0.1, -0.05) is 48.5 Å². The molecule has 0 aliphatic heterocycles. The summed E-state index contributed by atoms with van der Waals surface area (Å²) in [6, 6.07) is 18.2. The van der Waals surface area contributed by atoms with Crippen molar-refractivity contribution in [2.75, 3.05) is 18.1 Å². The van der Waals surface area contributed by atoms with Crippen LogP contribution in [0.5, 0.6) is 0 Å². The lowest BCUT2D eigenvalue weighted by molar-refractivity contribution is 0.601. The maximum absolute atomic E-state index is 11.5. The molecule has 0 saturated heterocycles. The molecule has 2 aromatic carbocycles. The van der Waals surface area contributed by atoms with Crippen molar-refractivity contribution >= 4 is 15.5 Å². The monoisotopic (exact) mass is 315 g/mol. The molecule has 0 radical (unpaired) electrons. The molecule has 0 amide bonds. The Balaban J connectivity index is 1.61.